The van der Waals surface area contributed by atoms with Crippen LogP contribution >= 0.6 is 0 Å². The van der Waals surface area contributed by atoms with Gasteiger partial charge in [-0.3, -0.25) is 4.79 Å². The molecule has 1 N–H and O–H groups in total. The number of allylic oxidation sites excluding steroid dienone is 1. The Hall–Kier alpha value is -4.17. The van der Waals surface area contributed by atoms with Gasteiger partial charge >= 0.3 is 0 Å². The summed E-state index contributed by atoms with van der Waals surface area (Å²) in [4.78, 5) is 12.6. The number of fused-ring (bicyclic) bond motifs is 1. The number of hydrogen-bond donors (Lipinski definition) is 1. The van der Waals surface area contributed by atoms with Gasteiger partial charge in [0.05, 0.1) is 11.6 Å². The van der Waals surface area contributed by atoms with Crippen molar-refractivity contribution in [2.75, 3.05) is 5.32 Å². The van der Waals surface area contributed by atoms with E-state index in [1.54, 1.807) is 24.3 Å². The molecule has 1 amide bonds. The van der Waals surface area contributed by atoms with Gasteiger partial charge in [-0.25, -0.2) is 4.39 Å². The highest BCUT2D eigenvalue weighted by atomic mass is 19.1. The molecule has 1 aromatic heterocycles. The van der Waals surface area contributed by atoms with Gasteiger partial charge in [0.25, 0.3) is 0 Å². The van der Waals surface area contributed by atoms with E-state index < -0.39 is 5.82 Å². The first-order valence-electron chi connectivity index (χ1n) is 9.86. The molecule has 0 aliphatic rings. The van der Waals surface area contributed by atoms with Gasteiger partial charge in [0, 0.05) is 33.9 Å². The van der Waals surface area contributed by atoms with Crippen molar-refractivity contribution in [3.8, 4) is 6.07 Å². The topological polar surface area (TPSA) is 57.8 Å². The molecular formula is C26H20FN3O. The molecule has 0 aliphatic heterocycles. The molecular weight excluding hydrogens is 389 g/mol. The Morgan fingerprint density at radius 1 is 1.06 bits per heavy atom. The standard InChI is InChI=1S/C26H20FN3O/c1-18-10-12-21(13-11-18)29-26(31)17-30-16-20(23-7-3-5-9-25(23)30)14-19(15-28)22-6-2-4-8-24(22)27/h2-14,16H,17H2,1H3,(H,29,31). The van der Waals surface area contributed by atoms with Gasteiger partial charge < -0.3 is 9.88 Å². The van der Waals surface area contributed by atoms with E-state index in [2.05, 4.69) is 11.4 Å². The van der Waals surface area contributed by atoms with Crippen molar-refractivity contribution in [1.82, 2.24) is 4.57 Å². The first kappa shape index (κ1) is 20.1. The normalized spacial score (nSPS) is 11.3. The molecule has 0 atom stereocenters. The zero-order chi connectivity index (χ0) is 21.8. The van der Waals surface area contributed by atoms with Crippen molar-refractivity contribution in [3.05, 3.63) is 102 Å². The Morgan fingerprint density at radius 3 is 2.52 bits per heavy atom. The third-order valence-corrected chi connectivity index (χ3v) is 5.05. The lowest BCUT2D eigenvalue weighted by Gasteiger charge is -2.07. The molecule has 0 saturated carbocycles. The summed E-state index contributed by atoms with van der Waals surface area (Å²) < 4.78 is 16.0. The number of carbonyl (C=O) groups excluding carboxylic acids is 1. The van der Waals surface area contributed by atoms with Crippen LogP contribution in [0.25, 0.3) is 22.6 Å². The van der Waals surface area contributed by atoms with Crippen molar-refractivity contribution in [2.45, 2.75) is 13.5 Å². The number of carbonyl (C=O) groups is 1. The lowest BCUT2D eigenvalue weighted by atomic mass is 10.0. The van der Waals surface area contributed by atoms with E-state index >= 15 is 0 Å². The van der Waals surface area contributed by atoms with E-state index in [0.717, 1.165) is 27.7 Å². The maximum atomic E-state index is 14.2. The van der Waals surface area contributed by atoms with Crippen molar-refractivity contribution < 1.29 is 9.18 Å². The van der Waals surface area contributed by atoms with Crippen LogP contribution < -0.4 is 5.32 Å². The van der Waals surface area contributed by atoms with Gasteiger partial charge in [0.15, 0.2) is 0 Å². The van der Waals surface area contributed by atoms with Gasteiger partial charge in [0.2, 0.25) is 5.91 Å². The van der Waals surface area contributed by atoms with Crippen molar-refractivity contribution >= 4 is 34.1 Å². The number of nitriles is 1. The first-order chi connectivity index (χ1) is 15.0. The Balaban J connectivity index is 1.67. The maximum absolute atomic E-state index is 14.2. The van der Waals surface area contributed by atoms with E-state index in [1.807, 2.05) is 66.2 Å². The molecule has 0 unspecified atom stereocenters. The Kier molecular flexibility index (Phi) is 5.63. The third kappa shape index (κ3) is 4.39. The molecule has 4 aromatic rings. The van der Waals surface area contributed by atoms with Gasteiger partial charge in [-0.2, -0.15) is 5.26 Å². The highest BCUT2D eigenvalue weighted by Crippen LogP contribution is 2.27. The highest BCUT2D eigenvalue weighted by molar-refractivity contribution is 5.99. The summed E-state index contributed by atoms with van der Waals surface area (Å²) in [5, 5.41) is 13.4. The average Bonchev–Trinajstić information content (AvgIpc) is 3.11. The minimum absolute atomic E-state index is 0.115. The molecule has 0 radical (unpaired) electrons. The number of nitrogens with one attached hydrogen (secondary N) is 1. The monoisotopic (exact) mass is 409 g/mol. The Labute approximate surface area is 179 Å². The summed E-state index contributed by atoms with van der Waals surface area (Å²) in [6.45, 7) is 2.10. The van der Waals surface area contributed by atoms with E-state index in [1.165, 1.54) is 6.07 Å². The molecule has 3 aromatic carbocycles. The van der Waals surface area contributed by atoms with Crippen LogP contribution in [0.1, 0.15) is 16.7 Å². The molecule has 0 spiro atoms. The minimum Gasteiger partial charge on any atom is -0.337 e. The zero-order valence-electron chi connectivity index (χ0n) is 17.0. The van der Waals surface area contributed by atoms with Crippen LogP contribution in [0, 0.1) is 24.1 Å². The second kappa shape index (κ2) is 8.68. The lowest BCUT2D eigenvalue weighted by Crippen LogP contribution is -2.18. The quantitative estimate of drug-likeness (QED) is 0.424. The van der Waals surface area contributed by atoms with Crippen LogP contribution in [0.15, 0.2) is 79.0 Å². The Morgan fingerprint density at radius 2 is 1.77 bits per heavy atom. The molecule has 1 heterocycles. The molecule has 0 saturated heterocycles. The Bertz CT molecular complexity index is 1330. The summed E-state index contributed by atoms with van der Waals surface area (Å²) in [6.07, 6.45) is 3.48. The van der Waals surface area contributed by atoms with Gasteiger partial charge in [-0.05, 0) is 37.3 Å². The van der Waals surface area contributed by atoms with E-state index in [-0.39, 0.29) is 23.6 Å². The van der Waals surface area contributed by atoms with Gasteiger partial charge in [-0.15, -0.1) is 0 Å². The number of anilines is 1. The predicted molar refractivity (Wildman–Crippen MR) is 122 cm³/mol. The SMILES string of the molecule is Cc1ccc(NC(=O)Cn2cc(C=C(C#N)c3ccccc3F)c3ccccc32)cc1. The lowest BCUT2D eigenvalue weighted by molar-refractivity contribution is -0.116. The fourth-order valence-electron chi connectivity index (χ4n) is 3.52. The molecule has 4 rings (SSSR count). The van der Waals surface area contributed by atoms with E-state index in [0.29, 0.717) is 0 Å². The highest BCUT2D eigenvalue weighted by Gasteiger charge is 2.13. The molecule has 0 aliphatic carbocycles. The molecule has 0 fully saturated rings. The van der Waals surface area contributed by atoms with Gasteiger partial charge in [0.1, 0.15) is 12.4 Å². The molecule has 5 heteroatoms. The smallest absolute Gasteiger partial charge is 0.244 e. The summed E-state index contributed by atoms with van der Waals surface area (Å²) >= 11 is 0. The predicted octanol–water partition coefficient (Wildman–Crippen LogP) is 5.79. The number of nitrogens with zero attached hydrogens (tertiary/aromatic N) is 2. The van der Waals surface area contributed by atoms with Crippen LogP contribution in [0.2, 0.25) is 0 Å². The summed E-state index contributed by atoms with van der Waals surface area (Å²) in [5.41, 5.74) is 3.94. The fraction of sp³-hybridized carbons (Fsp3) is 0.0769. The number of rotatable bonds is 5. The largest absolute Gasteiger partial charge is 0.337 e. The van der Waals surface area contributed by atoms with Gasteiger partial charge in [-0.1, -0.05) is 54.1 Å². The average molecular weight is 409 g/mol. The molecule has 4 nitrogen and oxygen atoms in total. The fourth-order valence-corrected chi connectivity index (χ4v) is 3.52. The number of hydrogen-bond acceptors (Lipinski definition) is 2. The third-order valence-electron chi connectivity index (χ3n) is 5.05. The second-order valence-electron chi connectivity index (χ2n) is 7.29. The zero-order valence-corrected chi connectivity index (χ0v) is 17.0. The number of aromatic nitrogens is 1. The number of para-hydroxylation sites is 1. The van der Waals surface area contributed by atoms with Crippen LogP contribution in [0.5, 0.6) is 0 Å². The van der Waals surface area contributed by atoms with Crippen LogP contribution in [0.4, 0.5) is 10.1 Å². The van der Waals surface area contributed by atoms with Crippen molar-refractivity contribution in [3.63, 3.8) is 0 Å². The molecule has 0 bridgehead atoms. The van der Waals surface area contributed by atoms with Crippen LogP contribution in [-0.2, 0) is 11.3 Å². The minimum atomic E-state index is -0.448. The molecule has 152 valence electrons. The number of halogens is 1. The number of benzene rings is 3. The number of amides is 1. The van der Waals surface area contributed by atoms with Crippen molar-refractivity contribution in [2.24, 2.45) is 0 Å². The van der Waals surface area contributed by atoms with Crippen LogP contribution in [0.3, 0.4) is 0 Å². The summed E-state index contributed by atoms with van der Waals surface area (Å²) in [5.74, 6) is -0.605. The van der Waals surface area contributed by atoms with E-state index in [9.17, 15) is 14.4 Å². The second-order valence-corrected chi connectivity index (χ2v) is 7.29. The number of aryl methyl sites for hydroxylation is 1. The maximum Gasteiger partial charge on any atom is 0.244 e. The first-order valence-corrected chi connectivity index (χ1v) is 9.86. The van der Waals surface area contributed by atoms with Crippen LogP contribution in [-0.4, -0.2) is 10.5 Å². The summed E-state index contributed by atoms with van der Waals surface area (Å²) in [7, 11) is 0. The molecule has 31 heavy (non-hydrogen) atoms. The summed E-state index contributed by atoms with van der Waals surface area (Å²) in [6, 6.07) is 23.5. The van der Waals surface area contributed by atoms with E-state index in [4.69, 9.17) is 0 Å². The van der Waals surface area contributed by atoms with Crippen molar-refractivity contribution in [1.29, 1.82) is 5.26 Å².